The van der Waals surface area contributed by atoms with Crippen LogP contribution < -0.4 is 0 Å². The first-order valence-electron chi connectivity index (χ1n) is 7.64. The lowest BCUT2D eigenvalue weighted by molar-refractivity contribution is 1.17. The highest BCUT2D eigenvalue weighted by Gasteiger charge is 2.14. The Labute approximate surface area is 150 Å². The first kappa shape index (κ1) is 16.4. The molecule has 118 valence electrons. The number of hydrogen-bond donors (Lipinski definition) is 0. The van der Waals surface area contributed by atoms with Crippen LogP contribution in [0.2, 0.25) is 5.02 Å². The van der Waals surface area contributed by atoms with Crippen LogP contribution in [0.1, 0.15) is 22.4 Å². The van der Waals surface area contributed by atoms with Gasteiger partial charge >= 0.3 is 0 Å². The highest BCUT2D eigenvalue weighted by molar-refractivity contribution is 7.13. The number of hydrogen-bond acceptors (Lipinski definition) is 3. The van der Waals surface area contributed by atoms with Gasteiger partial charge in [-0.05, 0) is 30.2 Å². The predicted molar refractivity (Wildman–Crippen MR) is 102 cm³/mol. The van der Waals surface area contributed by atoms with Crippen LogP contribution in [-0.4, -0.2) is 4.98 Å². The average Bonchev–Trinajstić information content (AvgIpc) is 3.06. The second-order valence-corrected chi connectivity index (χ2v) is 6.75. The molecule has 24 heavy (non-hydrogen) atoms. The molecule has 0 amide bonds. The zero-order chi connectivity index (χ0) is 16.9. The third-order valence-electron chi connectivity index (χ3n) is 3.60. The van der Waals surface area contributed by atoms with Gasteiger partial charge in [-0.3, -0.25) is 0 Å². The maximum absolute atomic E-state index is 9.56. The number of rotatable bonds is 4. The molecule has 0 radical (unpaired) electrons. The van der Waals surface area contributed by atoms with Gasteiger partial charge in [0.2, 0.25) is 0 Å². The monoisotopic (exact) mass is 350 g/mol. The Balaban J connectivity index is 2.03. The molecule has 0 bridgehead atoms. The van der Waals surface area contributed by atoms with E-state index < -0.39 is 0 Å². The Morgan fingerprint density at radius 2 is 1.88 bits per heavy atom. The van der Waals surface area contributed by atoms with Crippen molar-refractivity contribution in [1.29, 1.82) is 5.26 Å². The van der Waals surface area contributed by atoms with E-state index in [0.29, 0.717) is 10.6 Å². The van der Waals surface area contributed by atoms with Gasteiger partial charge in [0.05, 0.1) is 11.3 Å². The first-order chi connectivity index (χ1) is 11.7. The molecule has 0 atom stereocenters. The summed E-state index contributed by atoms with van der Waals surface area (Å²) in [6, 6.07) is 19.8. The summed E-state index contributed by atoms with van der Waals surface area (Å²) in [7, 11) is 0. The number of aryl methyl sites for hydroxylation is 1. The summed E-state index contributed by atoms with van der Waals surface area (Å²) >= 11 is 7.50. The van der Waals surface area contributed by atoms with E-state index in [2.05, 4.69) is 13.0 Å². The molecule has 0 aliphatic rings. The highest BCUT2D eigenvalue weighted by Crippen LogP contribution is 2.32. The van der Waals surface area contributed by atoms with Crippen LogP contribution in [0, 0.1) is 11.3 Å². The number of benzene rings is 2. The number of aromatic nitrogens is 1. The Morgan fingerprint density at radius 1 is 1.17 bits per heavy atom. The zero-order valence-corrected chi connectivity index (χ0v) is 14.7. The van der Waals surface area contributed by atoms with E-state index in [1.165, 1.54) is 4.88 Å². The predicted octanol–water partition coefficient (Wildman–Crippen LogP) is 6.09. The van der Waals surface area contributed by atoms with E-state index in [1.807, 2.05) is 60.7 Å². The van der Waals surface area contributed by atoms with E-state index in [-0.39, 0.29) is 0 Å². The molecule has 1 aromatic heterocycles. The van der Waals surface area contributed by atoms with Gasteiger partial charge in [0.15, 0.2) is 0 Å². The molecule has 0 saturated heterocycles. The maximum atomic E-state index is 9.56. The van der Waals surface area contributed by atoms with Crippen molar-refractivity contribution < 1.29 is 0 Å². The van der Waals surface area contributed by atoms with Crippen molar-refractivity contribution in [2.45, 2.75) is 13.3 Å². The van der Waals surface area contributed by atoms with Gasteiger partial charge in [0, 0.05) is 15.5 Å². The summed E-state index contributed by atoms with van der Waals surface area (Å²) in [5.41, 5.74) is 3.56. The van der Waals surface area contributed by atoms with E-state index in [1.54, 1.807) is 11.3 Å². The summed E-state index contributed by atoms with van der Waals surface area (Å²) in [5.74, 6) is 0. The minimum absolute atomic E-state index is 0.569. The molecule has 3 aromatic rings. The molecule has 2 aromatic carbocycles. The zero-order valence-electron chi connectivity index (χ0n) is 13.2. The molecule has 0 N–H and O–H groups in total. The summed E-state index contributed by atoms with van der Waals surface area (Å²) in [5, 5.41) is 11.0. The van der Waals surface area contributed by atoms with E-state index in [9.17, 15) is 5.26 Å². The van der Waals surface area contributed by atoms with E-state index in [4.69, 9.17) is 16.6 Å². The Bertz CT molecular complexity index is 903. The van der Waals surface area contributed by atoms with Crippen LogP contribution in [-0.2, 0) is 6.42 Å². The number of nitriles is 1. The lowest BCUT2D eigenvalue weighted by Crippen LogP contribution is -1.84. The molecule has 0 saturated carbocycles. The van der Waals surface area contributed by atoms with Gasteiger partial charge in [-0.25, -0.2) is 4.98 Å². The summed E-state index contributed by atoms with van der Waals surface area (Å²) in [6.07, 6.45) is 2.74. The van der Waals surface area contributed by atoms with Crippen LogP contribution in [0.4, 0.5) is 0 Å². The van der Waals surface area contributed by atoms with Gasteiger partial charge in [-0.15, -0.1) is 11.3 Å². The molecule has 0 fully saturated rings. The fourth-order valence-electron chi connectivity index (χ4n) is 2.40. The van der Waals surface area contributed by atoms with Gasteiger partial charge in [-0.1, -0.05) is 61.0 Å². The third kappa shape index (κ3) is 3.56. The topological polar surface area (TPSA) is 36.7 Å². The molecule has 1 heterocycles. The van der Waals surface area contributed by atoms with Crippen molar-refractivity contribution in [3.8, 4) is 17.3 Å². The number of thiazole rings is 1. The minimum Gasteiger partial charge on any atom is -0.235 e. The van der Waals surface area contributed by atoms with Gasteiger partial charge in [0.1, 0.15) is 11.1 Å². The van der Waals surface area contributed by atoms with Gasteiger partial charge in [-0.2, -0.15) is 5.26 Å². The molecular weight excluding hydrogens is 336 g/mol. The lowest BCUT2D eigenvalue weighted by Gasteiger charge is -1.98. The SMILES string of the molecule is CCc1sc(C(C#N)=Cc2ccc(Cl)cc2)nc1-c1ccccc1. The molecule has 0 aliphatic carbocycles. The average molecular weight is 351 g/mol. The van der Waals surface area contributed by atoms with Crippen molar-refractivity contribution in [3.63, 3.8) is 0 Å². The standard InChI is InChI=1S/C20H15ClN2S/c1-2-18-19(15-6-4-3-5-7-15)23-20(24-18)16(13-22)12-14-8-10-17(21)11-9-14/h3-12H,2H2,1H3. The number of nitrogens with zero attached hydrogens (tertiary/aromatic N) is 2. The van der Waals surface area contributed by atoms with Crippen LogP contribution in [0.25, 0.3) is 22.9 Å². The van der Waals surface area contributed by atoms with E-state index >= 15 is 0 Å². The minimum atomic E-state index is 0.569. The van der Waals surface area contributed by atoms with Gasteiger partial charge < -0.3 is 0 Å². The Kier molecular flexibility index (Phi) is 5.10. The summed E-state index contributed by atoms with van der Waals surface area (Å²) < 4.78 is 0. The normalized spacial score (nSPS) is 11.3. The van der Waals surface area contributed by atoms with Crippen molar-refractivity contribution in [1.82, 2.24) is 4.98 Å². The van der Waals surface area contributed by atoms with E-state index in [0.717, 1.165) is 28.2 Å². The molecule has 0 aliphatic heterocycles. The molecular formula is C20H15ClN2S. The number of allylic oxidation sites excluding steroid dienone is 1. The maximum Gasteiger partial charge on any atom is 0.134 e. The molecule has 2 nitrogen and oxygen atoms in total. The second-order valence-electron chi connectivity index (χ2n) is 5.23. The van der Waals surface area contributed by atoms with Crippen molar-refractivity contribution in [2.24, 2.45) is 0 Å². The first-order valence-corrected chi connectivity index (χ1v) is 8.83. The largest absolute Gasteiger partial charge is 0.235 e. The Hall–Kier alpha value is -2.41. The fourth-order valence-corrected chi connectivity index (χ4v) is 3.51. The van der Waals surface area contributed by atoms with Crippen molar-refractivity contribution >= 4 is 34.6 Å². The second kappa shape index (κ2) is 7.44. The smallest absolute Gasteiger partial charge is 0.134 e. The molecule has 0 unspecified atom stereocenters. The quantitative estimate of drug-likeness (QED) is 0.534. The van der Waals surface area contributed by atoms with Gasteiger partial charge in [0.25, 0.3) is 0 Å². The molecule has 4 heteroatoms. The Morgan fingerprint density at radius 3 is 2.50 bits per heavy atom. The number of halogens is 1. The van der Waals surface area contributed by atoms with Crippen LogP contribution in [0.15, 0.2) is 54.6 Å². The van der Waals surface area contributed by atoms with Crippen LogP contribution >= 0.6 is 22.9 Å². The van der Waals surface area contributed by atoms with Crippen molar-refractivity contribution in [2.75, 3.05) is 0 Å². The third-order valence-corrected chi connectivity index (χ3v) is 5.08. The van der Waals surface area contributed by atoms with Crippen LogP contribution in [0.5, 0.6) is 0 Å². The molecule has 3 rings (SSSR count). The summed E-state index contributed by atoms with van der Waals surface area (Å²) in [4.78, 5) is 5.93. The summed E-state index contributed by atoms with van der Waals surface area (Å²) in [6.45, 7) is 2.11. The van der Waals surface area contributed by atoms with Crippen molar-refractivity contribution in [3.05, 3.63) is 75.1 Å². The van der Waals surface area contributed by atoms with Crippen LogP contribution in [0.3, 0.4) is 0 Å². The fraction of sp³-hybridized carbons (Fsp3) is 0.100. The lowest BCUT2D eigenvalue weighted by atomic mass is 10.1. The molecule has 0 spiro atoms. The highest BCUT2D eigenvalue weighted by atomic mass is 35.5.